The Bertz CT molecular complexity index is 1310. The van der Waals surface area contributed by atoms with Gasteiger partial charge in [0.05, 0.1) is 28.6 Å². The van der Waals surface area contributed by atoms with E-state index >= 15 is 0 Å². The van der Waals surface area contributed by atoms with Crippen LogP contribution in [0.4, 0.5) is 5.69 Å². The first-order valence-corrected chi connectivity index (χ1v) is 9.15. The SMILES string of the molecule is COc1ccc(-n2c(/C=C/c3ccc([N+](=O)[O-])cc3)nc3ccccc3c2=O)cc1. The number of benzene rings is 3. The summed E-state index contributed by atoms with van der Waals surface area (Å²) in [6, 6.07) is 20.5. The average molecular weight is 399 g/mol. The topological polar surface area (TPSA) is 87.3 Å². The van der Waals surface area contributed by atoms with Gasteiger partial charge in [-0.15, -0.1) is 0 Å². The van der Waals surface area contributed by atoms with Crippen molar-refractivity contribution in [1.82, 2.24) is 9.55 Å². The Morgan fingerprint density at radius 1 is 0.967 bits per heavy atom. The predicted octanol–water partition coefficient (Wildman–Crippen LogP) is 4.47. The molecule has 0 aliphatic rings. The molecule has 1 aromatic heterocycles. The van der Waals surface area contributed by atoms with Crippen molar-refractivity contribution in [2.24, 2.45) is 0 Å². The highest BCUT2D eigenvalue weighted by Crippen LogP contribution is 2.19. The molecule has 0 atom stereocenters. The number of hydrogen-bond donors (Lipinski definition) is 0. The number of aromatic nitrogens is 2. The third-order valence-electron chi connectivity index (χ3n) is 4.66. The molecule has 0 unspecified atom stereocenters. The summed E-state index contributed by atoms with van der Waals surface area (Å²) in [5, 5.41) is 11.3. The third kappa shape index (κ3) is 3.68. The summed E-state index contributed by atoms with van der Waals surface area (Å²) in [5.74, 6) is 1.13. The normalized spacial score (nSPS) is 11.1. The zero-order valence-corrected chi connectivity index (χ0v) is 16.1. The lowest BCUT2D eigenvalue weighted by atomic mass is 10.2. The summed E-state index contributed by atoms with van der Waals surface area (Å²) in [7, 11) is 1.58. The fourth-order valence-electron chi connectivity index (χ4n) is 3.12. The summed E-state index contributed by atoms with van der Waals surface area (Å²) in [5.41, 5.74) is 1.84. The molecule has 0 N–H and O–H groups in total. The molecular formula is C23H17N3O4. The first-order valence-electron chi connectivity index (χ1n) is 9.15. The largest absolute Gasteiger partial charge is 0.497 e. The van der Waals surface area contributed by atoms with Gasteiger partial charge in [-0.3, -0.25) is 19.5 Å². The molecule has 148 valence electrons. The molecule has 0 amide bonds. The van der Waals surface area contributed by atoms with E-state index in [1.54, 1.807) is 73.9 Å². The molecule has 0 spiro atoms. The van der Waals surface area contributed by atoms with E-state index in [1.807, 2.05) is 6.07 Å². The van der Waals surface area contributed by atoms with Gasteiger partial charge in [0, 0.05) is 12.1 Å². The molecule has 0 bridgehead atoms. The first kappa shape index (κ1) is 19.1. The molecule has 0 saturated heterocycles. The van der Waals surface area contributed by atoms with Crippen LogP contribution in [0.15, 0.2) is 77.6 Å². The predicted molar refractivity (Wildman–Crippen MR) is 116 cm³/mol. The smallest absolute Gasteiger partial charge is 0.269 e. The van der Waals surface area contributed by atoms with Crippen LogP contribution in [0.3, 0.4) is 0 Å². The summed E-state index contributed by atoms with van der Waals surface area (Å²) < 4.78 is 6.73. The fourth-order valence-corrected chi connectivity index (χ4v) is 3.12. The lowest BCUT2D eigenvalue weighted by molar-refractivity contribution is -0.384. The first-order chi connectivity index (χ1) is 14.6. The second kappa shape index (κ2) is 8.00. The van der Waals surface area contributed by atoms with Crippen LogP contribution in [0.5, 0.6) is 5.75 Å². The van der Waals surface area contributed by atoms with Gasteiger partial charge in [0.25, 0.3) is 11.2 Å². The monoisotopic (exact) mass is 399 g/mol. The number of hydrogen-bond acceptors (Lipinski definition) is 5. The van der Waals surface area contributed by atoms with E-state index in [0.717, 1.165) is 5.56 Å². The van der Waals surface area contributed by atoms with Gasteiger partial charge < -0.3 is 4.74 Å². The Balaban J connectivity index is 1.84. The Kier molecular flexibility index (Phi) is 5.09. The summed E-state index contributed by atoms with van der Waals surface area (Å²) in [4.78, 5) is 28.3. The van der Waals surface area contributed by atoms with E-state index < -0.39 is 4.92 Å². The molecule has 0 aliphatic carbocycles. The van der Waals surface area contributed by atoms with Crippen LogP contribution in [0.25, 0.3) is 28.7 Å². The highest BCUT2D eigenvalue weighted by molar-refractivity contribution is 5.80. The highest BCUT2D eigenvalue weighted by atomic mass is 16.6. The van der Waals surface area contributed by atoms with Crippen molar-refractivity contribution in [3.63, 3.8) is 0 Å². The maximum absolute atomic E-state index is 13.2. The number of methoxy groups -OCH3 is 1. The molecule has 0 radical (unpaired) electrons. The van der Waals surface area contributed by atoms with E-state index in [1.165, 1.54) is 16.7 Å². The molecule has 7 nitrogen and oxygen atoms in total. The molecule has 0 aliphatic heterocycles. The van der Waals surface area contributed by atoms with Crippen molar-refractivity contribution in [2.75, 3.05) is 7.11 Å². The molecule has 0 fully saturated rings. The zero-order chi connectivity index (χ0) is 21.1. The van der Waals surface area contributed by atoms with Crippen LogP contribution in [0.1, 0.15) is 11.4 Å². The van der Waals surface area contributed by atoms with E-state index in [-0.39, 0.29) is 11.2 Å². The molecule has 7 heteroatoms. The Hall–Kier alpha value is -4.26. The number of fused-ring (bicyclic) bond motifs is 1. The molecule has 4 rings (SSSR count). The van der Waals surface area contributed by atoms with Crippen molar-refractivity contribution >= 4 is 28.7 Å². The van der Waals surface area contributed by atoms with Crippen LogP contribution < -0.4 is 10.3 Å². The van der Waals surface area contributed by atoms with E-state index in [4.69, 9.17) is 4.74 Å². The molecule has 30 heavy (non-hydrogen) atoms. The van der Waals surface area contributed by atoms with Crippen molar-refractivity contribution in [2.45, 2.75) is 0 Å². The zero-order valence-electron chi connectivity index (χ0n) is 16.1. The number of nitro benzene ring substituents is 1. The quantitative estimate of drug-likeness (QED) is 0.365. The highest BCUT2D eigenvalue weighted by Gasteiger charge is 2.11. The number of rotatable bonds is 5. The van der Waals surface area contributed by atoms with Crippen LogP contribution in [0.2, 0.25) is 0 Å². The summed E-state index contributed by atoms with van der Waals surface area (Å²) in [6.45, 7) is 0. The van der Waals surface area contributed by atoms with Gasteiger partial charge in [-0.25, -0.2) is 4.98 Å². The van der Waals surface area contributed by atoms with Gasteiger partial charge in [0.15, 0.2) is 0 Å². The van der Waals surface area contributed by atoms with E-state index in [0.29, 0.717) is 28.2 Å². The number of nitro groups is 1. The number of ether oxygens (including phenoxy) is 1. The fraction of sp³-hybridized carbons (Fsp3) is 0.0435. The van der Waals surface area contributed by atoms with Gasteiger partial charge in [0.1, 0.15) is 11.6 Å². The van der Waals surface area contributed by atoms with Crippen molar-refractivity contribution in [3.05, 3.63) is 105 Å². The molecule has 1 heterocycles. The van der Waals surface area contributed by atoms with E-state index in [2.05, 4.69) is 4.98 Å². The average Bonchev–Trinajstić information content (AvgIpc) is 2.78. The maximum Gasteiger partial charge on any atom is 0.269 e. The maximum atomic E-state index is 13.2. The Morgan fingerprint density at radius 2 is 1.67 bits per heavy atom. The molecule has 3 aromatic carbocycles. The molecular weight excluding hydrogens is 382 g/mol. The van der Waals surface area contributed by atoms with Crippen LogP contribution in [-0.4, -0.2) is 21.6 Å². The van der Waals surface area contributed by atoms with Gasteiger partial charge in [-0.05, 0) is 60.2 Å². The minimum atomic E-state index is -0.445. The van der Waals surface area contributed by atoms with Crippen molar-refractivity contribution in [1.29, 1.82) is 0 Å². The summed E-state index contributed by atoms with van der Waals surface area (Å²) in [6.07, 6.45) is 3.49. The lowest BCUT2D eigenvalue weighted by Gasteiger charge is -2.12. The lowest BCUT2D eigenvalue weighted by Crippen LogP contribution is -2.22. The van der Waals surface area contributed by atoms with E-state index in [9.17, 15) is 14.9 Å². The second-order valence-corrected chi connectivity index (χ2v) is 6.51. The van der Waals surface area contributed by atoms with Gasteiger partial charge in [-0.2, -0.15) is 0 Å². The Morgan fingerprint density at radius 3 is 2.33 bits per heavy atom. The standard InChI is InChI=1S/C23H17N3O4/c1-30-19-13-11-17(12-14-19)25-22(24-21-5-3-2-4-20(21)23(25)27)15-8-16-6-9-18(10-7-16)26(28)29/h2-15H,1H3/b15-8+. The van der Waals surface area contributed by atoms with Gasteiger partial charge in [-0.1, -0.05) is 18.2 Å². The third-order valence-corrected chi connectivity index (χ3v) is 4.66. The minimum absolute atomic E-state index is 0.0196. The summed E-state index contributed by atoms with van der Waals surface area (Å²) >= 11 is 0. The number of non-ortho nitro benzene ring substituents is 1. The van der Waals surface area contributed by atoms with Crippen LogP contribution in [0, 0.1) is 10.1 Å². The number of nitrogens with zero attached hydrogens (tertiary/aromatic N) is 3. The van der Waals surface area contributed by atoms with Crippen molar-refractivity contribution in [3.8, 4) is 11.4 Å². The van der Waals surface area contributed by atoms with Gasteiger partial charge in [0.2, 0.25) is 0 Å². The molecule has 4 aromatic rings. The van der Waals surface area contributed by atoms with Crippen LogP contribution >= 0.6 is 0 Å². The second-order valence-electron chi connectivity index (χ2n) is 6.51. The minimum Gasteiger partial charge on any atom is -0.497 e. The Labute approximate surface area is 171 Å². The van der Waals surface area contributed by atoms with Gasteiger partial charge >= 0.3 is 0 Å². The molecule has 0 saturated carbocycles. The van der Waals surface area contributed by atoms with Crippen molar-refractivity contribution < 1.29 is 9.66 Å². The van der Waals surface area contributed by atoms with Crippen LogP contribution in [-0.2, 0) is 0 Å². The number of para-hydroxylation sites is 1.